The molecule has 1 N–H and O–H groups in total. The minimum Gasteiger partial charge on any atom is -0.382 e. The van der Waals surface area contributed by atoms with Crippen LogP contribution in [-0.2, 0) is 4.79 Å². The Morgan fingerprint density at radius 2 is 1.86 bits per heavy atom. The van der Waals surface area contributed by atoms with Gasteiger partial charge in [-0.3, -0.25) is 4.79 Å². The maximum atomic E-state index is 11.8. The second-order valence-electron chi connectivity index (χ2n) is 5.00. The lowest BCUT2D eigenvalue weighted by Crippen LogP contribution is -2.40. The number of carbonyl (C=O) groups excluding carboxylic acids is 1. The minimum atomic E-state index is -0.937. The number of rotatable bonds is 4. The predicted octanol–water partition coefficient (Wildman–Crippen LogP) is 2.44. The van der Waals surface area contributed by atoms with Gasteiger partial charge in [-0.05, 0) is 25.2 Å². The molecular formula is C12H20O2. The predicted molar refractivity (Wildman–Crippen MR) is 55.0 cm³/mol. The van der Waals surface area contributed by atoms with Crippen LogP contribution in [0.15, 0.2) is 0 Å². The molecule has 2 heteroatoms. The van der Waals surface area contributed by atoms with Crippen molar-refractivity contribution in [1.29, 1.82) is 0 Å². The Labute approximate surface area is 85.7 Å². The fourth-order valence-electron chi connectivity index (χ4n) is 2.39. The monoisotopic (exact) mass is 196 g/mol. The van der Waals surface area contributed by atoms with Crippen LogP contribution in [0.5, 0.6) is 0 Å². The van der Waals surface area contributed by atoms with Gasteiger partial charge in [-0.25, -0.2) is 0 Å². The van der Waals surface area contributed by atoms with Crippen molar-refractivity contribution in [1.82, 2.24) is 0 Å². The third kappa shape index (κ3) is 2.35. The summed E-state index contributed by atoms with van der Waals surface area (Å²) in [5.41, 5.74) is -0.937. The van der Waals surface area contributed by atoms with Crippen LogP contribution in [0.2, 0.25) is 0 Å². The second-order valence-corrected chi connectivity index (χ2v) is 5.00. The molecule has 0 heterocycles. The molecule has 0 aromatic heterocycles. The molecule has 2 nitrogen and oxygen atoms in total. The molecular weight excluding hydrogens is 176 g/mol. The fourth-order valence-corrected chi connectivity index (χ4v) is 2.39. The molecule has 2 rings (SSSR count). The summed E-state index contributed by atoms with van der Waals surface area (Å²) in [6.45, 7) is 0. The van der Waals surface area contributed by atoms with E-state index in [0.717, 1.165) is 25.2 Å². The summed E-state index contributed by atoms with van der Waals surface area (Å²) < 4.78 is 0. The number of ketones is 1. The van der Waals surface area contributed by atoms with Crippen molar-refractivity contribution in [2.24, 2.45) is 5.92 Å². The topological polar surface area (TPSA) is 37.3 Å². The van der Waals surface area contributed by atoms with Crippen molar-refractivity contribution >= 4 is 5.78 Å². The number of hydrogen-bond donors (Lipinski definition) is 1. The third-order valence-corrected chi connectivity index (χ3v) is 3.68. The smallest absolute Gasteiger partial charge is 0.164 e. The molecule has 2 aliphatic rings. The summed E-state index contributed by atoms with van der Waals surface area (Å²) in [7, 11) is 0. The normalized spacial score (nSPS) is 26.1. The Kier molecular flexibility index (Phi) is 2.91. The Hall–Kier alpha value is -0.370. The minimum absolute atomic E-state index is 0.115. The number of carbonyl (C=O) groups is 1. The van der Waals surface area contributed by atoms with E-state index in [9.17, 15) is 9.90 Å². The summed E-state index contributed by atoms with van der Waals surface area (Å²) in [4.78, 5) is 11.8. The average Bonchev–Trinajstić information content (AvgIpc) is 2.99. The summed E-state index contributed by atoms with van der Waals surface area (Å²) in [5, 5.41) is 10.1. The molecule has 0 atom stereocenters. The molecule has 0 saturated heterocycles. The van der Waals surface area contributed by atoms with Crippen LogP contribution in [0.3, 0.4) is 0 Å². The van der Waals surface area contributed by atoms with Crippen molar-refractivity contribution in [3.63, 3.8) is 0 Å². The molecule has 0 aromatic rings. The molecule has 2 aliphatic carbocycles. The van der Waals surface area contributed by atoms with Gasteiger partial charge in [0.15, 0.2) is 5.78 Å². The van der Waals surface area contributed by atoms with Gasteiger partial charge in [-0.15, -0.1) is 0 Å². The second kappa shape index (κ2) is 4.01. The Bertz CT molecular complexity index is 212. The summed E-state index contributed by atoms with van der Waals surface area (Å²) >= 11 is 0. The number of aliphatic hydroxyl groups is 1. The molecule has 0 spiro atoms. The van der Waals surface area contributed by atoms with Gasteiger partial charge in [-0.1, -0.05) is 32.1 Å². The van der Waals surface area contributed by atoms with E-state index < -0.39 is 5.60 Å². The first-order chi connectivity index (χ1) is 6.71. The summed E-state index contributed by atoms with van der Waals surface area (Å²) in [5.74, 6) is 0.912. The van der Waals surface area contributed by atoms with Crippen LogP contribution in [-0.4, -0.2) is 16.5 Å². The van der Waals surface area contributed by atoms with Crippen LogP contribution < -0.4 is 0 Å². The molecule has 0 bridgehead atoms. The lowest BCUT2D eigenvalue weighted by molar-refractivity contribution is -0.140. The largest absolute Gasteiger partial charge is 0.382 e. The van der Waals surface area contributed by atoms with Gasteiger partial charge in [0.2, 0.25) is 0 Å². The zero-order valence-electron chi connectivity index (χ0n) is 8.80. The van der Waals surface area contributed by atoms with E-state index in [1.807, 2.05) is 0 Å². The summed E-state index contributed by atoms with van der Waals surface area (Å²) in [6, 6.07) is 0. The standard InChI is InChI=1S/C12H20O2/c13-11(7-6-10-4-5-10)12(14)8-2-1-3-9-12/h10,14H,1-9H2. The van der Waals surface area contributed by atoms with Gasteiger partial charge in [0.25, 0.3) is 0 Å². The molecule has 2 fully saturated rings. The maximum Gasteiger partial charge on any atom is 0.164 e. The first-order valence-electron chi connectivity index (χ1n) is 5.96. The van der Waals surface area contributed by atoms with Crippen molar-refractivity contribution < 1.29 is 9.90 Å². The zero-order chi connectivity index (χ0) is 10.0. The highest BCUT2D eigenvalue weighted by Gasteiger charge is 2.37. The quantitative estimate of drug-likeness (QED) is 0.750. The van der Waals surface area contributed by atoms with Gasteiger partial charge in [0, 0.05) is 6.42 Å². The SMILES string of the molecule is O=C(CCC1CC1)C1(O)CCCCC1. The average molecular weight is 196 g/mol. The van der Waals surface area contributed by atoms with E-state index in [1.165, 1.54) is 19.3 Å². The lowest BCUT2D eigenvalue weighted by Gasteiger charge is -2.30. The first-order valence-corrected chi connectivity index (χ1v) is 5.96. The fraction of sp³-hybridized carbons (Fsp3) is 0.917. The Morgan fingerprint density at radius 1 is 1.21 bits per heavy atom. The van der Waals surface area contributed by atoms with Gasteiger partial charge in [0.05, 0.1) is 0 Å². The highest BCUT2D eigenvalue weighted by molar-refractivity contribution is 5.87. The van der Waals surface area contributed by atoms with Crippen LogP contribution in [0, 0.1) is 5.92 Å². The van der Waals surface area contributed by atoms with Crippen molar-refractivity contribution in [3.05, 3.63) is 0 Å². The van der Waals surface area contributed by atoms with Crippen molar-refractivity contribution in [2.45, 2.75) is 63.4 Å². The van der Waals surface area contributed by atoms with Crippen LogP contribution in [0.1, 0.15) is 57.8 Å². The lowest BCUT2D eigenvalue weighted by atomic mass is 9.80. The van der Waals surface area contributed by atoms with Gasteiger partial charge < -0.3 is 5.11 Å². The molecule has 2 saturated carbocycles. The van der Waals surface area contributed by atoms with Crippen LogP contribution >= 0.6 is 0 Å². The van der Waals surface area contributed by atoms with E-state index in [-0.39, 0.29) is 5.78 Å². The van der Waals surface area contributed by atoms with E-state index in [4.69, 9.17) is 0 Å². The molecule has 0 unspecified atom stereocenters. The highest BCUT2D eigenvalue weighted by atomic mass is 16.3. The highest BCUT2D eigenvalue weighted by Crippen LogP contribution is 2.36. The van der Waals surface area contributed by atoms with Gasteiger partial charge in [0.1, 0.15) is 5.60 Å². The number of hydrogen-bond acceptors (Lipinski definition) is 2. The van der Waals surface area contributed by atoms with E-state index in [2.05, 4.69) is 0 Å². The molecule has 0 amide bonds. The van der Waals surface area contributed by atoms with E-state index in [0.29, 0.717) is 19.3 Å². The molecule has 0 aliphatic heterocycles. The molecule has 14 heavy (non-hydrogen) atoms. The van der Waals surface area contributed by atoms with Crippen LogP contribution in [0.25, 0.3) is 0 Å². The maximum absolute atomic E-state index is 11.8. The Balaban J connectivity index is 1.80. The molecule has 0 radical (unpaired) electrons. The zero-order valence-corrected chi connectivity index (χ0v) is 8.80. The molecule has 80 valence electrons. The van der Waals surface area contributed by atoms with Crippen LogP contribution in [0.4, 0.5) is 0 Å². The van der Waals surface area contributed by atoms with Crippen molar-refractivity contribution in [2.75, 3.05) is 0 Å². The van der Waals surface area contributed by atoms with E-state index in [1.54, 1.807) is 0 Å². The Morgan fingerprint density at radius 3 is 2.43 bits per heavy atom. The third-order valence-electron chi connectivity index (χ3n) is 3.68. The van der Waals surface area contributed by atoms with Crippen molar-refractivity contribution in [3.8, 4) is 0 Å². The van der Waals surface area contributed by atoms with Gasteiger partial charge in [-0.2, -0.15) is 0 Å². The van der Waals surface area contributed by atoms with Gasteiger partial charge >= 0.3 is 0 Å². The first kappa shape index (κ1) is 10.2. The molecule has 0 aromatic carbocycles. The van der Waals surface area contributed by atoms with E-state index >= 15 is 0 Å². The summed E-state index contributed by atoms with van der Waals surface area (Å²) in [6.07, 6.45) is 8.85. The number of Topliss-reactive ketones (excluding diaryl/α,β-unsaturated/α-hetero) is 1.